The van der Waals surface area contributed by atoms with Gasteiger partial charge in [0.25, 0.3) is 5.91 Å². The second-order valence-corrected chi connectivity index (χ2v) is 9.43. The monoisotopic (exact) mass is 417 g/mol. The van der Waals surface area contributed by atoms with E-state index >= 15 is 0 Å². The van der Waals surface area contributed by atoms with Gasteiger partial charge < -0.3 is 5.11 Å². The number of carbonyl (C=O) groups excluding carboxylic acids is 1. The number of thiophene rings is 2. The van der Waals surface area contributed by atoms with Crippen LogP contribution in [0.15, 0.2) is 40.1 Å². The molecular formula is C21H27N3O2S2. The number of hydrogen-bond acceptors (Lipinski definition) is 6. The van der Waals surface area contributed by atoms with E-state index in [2.05, 4.69) is 22.4 Å². The Balaban J connectivity index is 1.54. The average Bonchev–Trinajstić information content (AvgIpc) is 3.48. The van der Waals surface area contributed by atoms with Crippen LogP contribution in [0.2, 0.25) is 0 Å². The molecule has 0 saturated carbocycles. The molecule has 2 aromatic heterocycles. The van der Waals surface area contributed by atoms with Crippen molar-refractivity contribution in [3.63, 3.8) is 0 Å². The summed E-state index contributed by atoms with van der Waals surface area (Å²) in [5.41, 5.74) is 0.991. The van der Waals surface area contributed by atoms with Gasteiger partial charge in [-0.2, -0.15) is 5.10 Å². The lowest BCUT2D eigenvalue weighted by atomic mass is 9.96. The molecule has 0 aliphatic carbocycles. The lowest BCUT2D eigenvalue weighted by Gasteiger charge is -2.38. The van der Waals surface area contributed by atoms with Crippen LogP contribution < -0.4 is 0 Å². The molecule has 150 valence electrons. The zero-order valence-corrected chi connectivity index (χ0v) is 17.8. The van der Waals surface area contributed by atoms with Crippen LogP contribution in [-0.2, 0) is 4.79 Å². The zero-order chi connectivity index (χ0) is 19.5. The van der Waals surface area contributed by atoms with Crippen LogP contribution in [0.1, 0.15) is 54.8 Å². The highest BCUT2D eigenvalue weighted by molar-refractivity contribution is 7.12. The van der Waals surface area contributed by atoms with Crippen molar-refractivity contribution < 1.29 is 9.90 Å². The van der Waals surface area contributed by atoms with Gasteiger partial charge in [-0.15, -0.1) is 22.7 Å². The Morgan fingerprint density at radius 2 is 2.11 bits per heavy atom. The molecule has 1 N–H and O–H groups in total. The Kier molecular flexibility index (Phi) is 6.25. The van der Waals surface area contributed by atoms with Gasteiger partial charge in [-0.05, 0) is 48.7 Å². The maximum Gasteiger partial charge on any atom is 0.257 e. The van der Waals surface area contributed by atoms with E-state index < -0.39 is 0 Å². The number of carbonyl (C=O) groups is 1. The standard InChI is InChI=1S/C21H27N3O2S2/c1-2-18(25)16-7-3-4-10-23(16)14-21(26)24-17(20-9-6-12-28-20)13-15(22-24)19-8-5-11-27-19/h5-6,8-9,11-12,16-18,25H,2-4,7,10,13-14H2,1H3. The van der Waals surface area contributed by atoms with Crippen LogP contribution in [0.25, 0.3) is 0 Å². The normalized spacial score (nSPS) is 24.4. The highest BCUT2D eigenvalue weighted by atomic mass is 32.1. The molecule has 0 bridgehead atoms. The number of piperidine rings is 1. The number of aliphatic hydroxyl groups is 1. The van der Waals surface area contributed by atoms with Crippen molar-refractivity contribution in [3.8, 4) is 0 Å². The molecule has 4 heterocycles. The molecule has 28 heavy (non-hydrogen) atoms. The molecule has 2 aromatic rings. The largest absolute Gasteiger partial charge is 0.392 e. The van der Waals surface area contributed by atoms with Gasteiger partial charge in [-0.25, -0.2) is 5.01 Å². The molecular weight excluding hydrogens is 390 g/mol. The van der Waals surface area contributed by atoms with Crippen molar-refractivity contribution in [1.82, 2.24) is 9.91 Å². The highest BCUT2D eigenvalue weighted by Gasteiger charge is 2.36. The number of amides is 1. The Morgan fingerprint density at radius 3 is 2.82 bits per heavy atom. The quantitative estimate of drug-likeness (QED) is 0.769. The first-order chi connectivity index (χ1) is 13.7. The van der Waals surface area contributed by atoms with Crippen LogP contribution in [0.3, 0.4) is 0 Å². The summed E-state index contributed by atoms with van der Waals surface area (Å²) in [6.07, 6.45) is 4.27. The van der Waals surface area contributed by atoms with Crippen molar-refractivity contribution in [2.45, 2.75) is 57.2 Å². The Bertz CT molecular complexity index is 804. The van der Waals surface area contributed by atoms with E-state index in [1.807, 2.05) is 24.4 Å². The molecule has 4 rings (SSSR count). The summed E-state index contributed by atoms with van der Waals surface area (Å²) >= 11 is 3.35. The Hall–Kier alpha value is -1.54. The first-order valence-corrected chi connectivity index (χ1v) is 11.8. The Labute approximate surface area is 174 Å². The number of hydrazone groups is 1. The van der Waals surface area contributed by atoms with Gasteiger partial charge in [0.1, 0.15) is 0 Å². The van der Waals surface area contributed by atoms with Gasteiger partial charge in [0.2, 0.25) is 0 Å². The summed E-state index contributed by atoms with van der Waals surface area (Å²) in [4.78, 5) is 17.8. The molecule has 2 aliphatic heterocycles. The number of aliphatic hydroxyl groups excluding tert-OH is 1. The summed E-state index contributed by atoms with van der Waals surface area (Å²) in [7, 11) is 0. The van der Waals surface area contributed by atoms with E-state index in [0.29, 0.717) is 6.54 Å². The molecule has 2 aliphatic rings. The fourth-order valence-corrected chi connectivity index (χ4v) is 5.73. The van der Waals surface area contributed by atoms with E-state index in [0.717, 1.165) is 49.2 Å². The summed E-state index contributed by atoms with van der Waals surface area (Å²) in [6, 6.07) is 8.27. The van der Waals surface area contributed by atoms with Gasteiger partial charge in [-0.3, -0.25) is 9.69 Å². The lowest BCUT2D eigenvalue weighted by molar-refractivity contribution is -0.136. The first-order valence-electron chi connectivity index (χ1n) is 10.1. The van der Waals surface area contributed by atoms with E-state index in [9.17, 15) is 9.90 Å². The Morgan fingerprint density at radius 1 is 1.29 bits per heavy atom. The van der Waals surface area contributed by atoms with E-state index in [1.165, 1.54) is 4.88 Å². The van der Waals surface area contributed by atoms with Crippen LogP contribution in [0.5, 0.6) is 0 Å². The molecule has 5 nitrogen and oxygen atoms in total. The third kappa shape index (κ3) is 4.08. The van der Waals surface area contributed by atoms with E-state index in [4.69, 9.17) is 5.10 Å². The third-order valence-electron chi connectivity index (χ3n) is 5.71. The third-order valence-corrected chi connectivity index (χ3v) is 7.60. The first kappa shape index (κ1) is 19.8. The minimum absolute atomic E-state index is 0.0241. The minimum Gasteiger partial charge on any atom is -0.392 e. The predicted molar refractivity (Wildman–Crippen MR) is 115 cm³/mol. The fourth-order valence-electron chi connectivity index (χ4n) is 4.20. The van der Waals surface area contributed by atoms with Gasteiger partial charge in [0.05, 0.1) is 29.3 Å². The maximum atomic E-state index is 13.3. The highest BCUT2D eigenvalue weighted by Crippen LogP contribution is 2.36. The fraction of sp³-hybridized carbons (Fsp3) is 0.524. The van der Waals surface area contributed by atoms with Crippen molar-refractivity contribution >= 4 is 34.3 Å². The van der Waals surface area contributed by atoms with Gasteiger partial charge in [0.15, 0.2) is 0 Å². The molecule has 7 heteroatoms. The lowest BCUT2D eigenvalue weighted by Crippen LogP contribution is -2.50. The maximum absolute atomic E-state index is 13.3. The molecule has 0 radical (unpaired) electrons. The summed E-state index contributed by atoms with van der Waals surface area (Å²) in [5.74, 6) is 0.0279. The van der Waals surface area contributed by atoms with Crippen molar-refractivity contribution in [2.75, 3.05) is 13.1 Å². The van der Waals surface area contributed by atoms with Gasteiger partial charge >= 0.3 is 0 Å². The summed E-state index contributed by atoms with van der Waals surface area (Å²) in [6.45, 7) is 3.20. The zero-order valence-electron chi connectivity index (χ0n) is 16.2. The number of hydrogen-bond donors (Lipinski definition) is 1. The molecule has 0 aromatic carbocycles. The van der Waals surface area contributed by atoms with Crippen LogP contribution in [0.4, 0.5) is 0 Å². The van der Waals surface area contributed by atoms with Gasteiger partial charge in [-0.1, -0.05) is 25.5 Å². The number of rotatable bonds is 6. The minimum atomic E-state index is -0.370. The molecule has 3 atom stereocenters. The van der Waals surface area contributed by atoms with Crippen molar-refractivity contribution in [3.05, 3.63) is 44.8 Å². The van der Waals surface area contributed by atoms with Crippen molar-refractivity contribution in [2.24, 2.45) is 5.10 Å². The number of likely N-dealkylation sites (tertiary alicyclic amines) is 1. The molecule has 1 amide bonds. The summed E-state index contributed by atoms with van der Waals surface area (Å²) in [5, 5.41) is 21.0. The second-order valence-electron chi connectivity index (χ2n) is 7.51. The molecule has 1 fully saturated rings. The van der Waals surface area contributed by atoms with E-state index in [1.54, 1.807) is 27.7 Å². The van der Waals surface area contributed by atoms with Crippen molar-refractivity contribution in [1.29, 1.82) is 0 Å². The molecule has 0 spiro atoms. The smallest absolute Gasteiger partial charge is 0.257 e. The number of nitrogens with zero attached hydrogens (tertiary/aromatic N) is 3. The second kappa shape index (κ2) is 8.86. The predicted octanol–water partition coefficient (Wildman–Crippen LogP) is 4.11. The SMILES string of the molecule is CCC(O)C1CCCCN1CC(=O)N1N=C(c2cccs2)CC1c1cccs1. The summed E-state index contributed by atoms with van der Waals surface area (Å²) < 4.78 is 0. The van der Waals surface area contributed by atoms with Crippen LogP contribution in [-0.4, -0.2) is 51.9 Å². The molecule has 3 unspecified atom stereocenters. The average molecular weight is 418 g/mol. The van der Waals surface area contributed by atoms with Crippen LogP contribution in [0, 0.1) is 0 Å². The van der Waals surface area contributed by atoms with E-state index in [-0.39, 0.29) is 24.1 Å². The van der Waals surface area contributed by atoms with Gasteiger partial charge in [0, 0.05) is 17.3 Å². The topological polar surface area (TPSA) is 56.1 Å². The molecule has 1 saturated heterocycles. The van der Waals surface area contributed by atoms with Crippen LogP contribution >= 0.6 is 22.7 Å².